The molecule has 3 aromatic carbocycles. The third-order valence-electron chi connectivity index (χ3n) is 5.28. The number of halogens is 2. The van der Waals surface area contributed by atoms with Gasteiger partial charge >= 0.3 is 0 Å². The summed E-state index contributed by atoms with van der Waals surface area (Å²) in [7, 11) is -4.11. The molecule has 0 radical (unpaired) electrons. The van der Waals surface area contributed by atoms with E-state index in [1.165, 1.54) is 0 Å². The largest absolute Gasteiger partial charge is 0.336 e. The molecule has 0 saturated carbocycles. The highest BCUT2D eigenvalue weighted by Gasteiger charge is 2.32. The summed E-state index contributed by atoms with van der Waals surface area (Å²) in [5.41, 5.74) is 2.56. The van der Waals surface area contributed by atoms with E-state index < -0.39 is 26.6 Å². The van der Waals surface area contributed by atoms with E-state index in [9.17, 15) is 22.0 Å². The van der Waals surface area contributed by atoms with E-state index in [1.54, 1.807) is 17.0 Å². The van der Waals surface area contributed by atoms with E-state index in [1.807, 2.05) is 42.5 Å². The van der Waals surface area contributed by atoms with Gasteiger partial charge < -0.3 is 4.90 Å². The van der Waals surface area contributed by atoms with Crippen LogP contribution in [0.15, 0.2) is 77.7 Å². The summed E-state index contributed by atoms with van der Waals surface area (Å²) in [6.45, 7) is 0.433. The summed E-state index contributed by atoms with van der Waals surface area (Å²) in [5.74, 6) is -2.16. The monoisotopic (exact) mass is 442 g/mol. The maximum absolute atomic E-state index is 14.0. The molecule has 0 N–H and O–H groups in total. The molecule has 1 fully saturated rings. The topological polar surface area (TPSA) is 57.7 Å². The van der Waals surface area contributed by atoms with Crippen molar-refractivity contribution in [3.05, 3.63) is 90.0 Å². The van der Waals surface area contributed by atoms with Crippen molar-refractivity contribution in [2.24, 2.45) is 0 Å². The first-order valence-electron chi connectivity index (χ1n) is 9.76. The van der Waals surface area contributed by atoms with Crippen molar-refractivity contribution in [1.29, 1.82) is 0 Å². The highest BCUT2D eigenvalue weighted by Crippen LogP contribution is 2.23. The van der Waals surface area contributed by atoms with Gasteiger partial charge in [0.1, 0.15) is 16.5 Å². The Bertz CT molecular complexity index is 1190. The van der Waals surface area contributed by atoms with Crippen LogP contribution in [0.2, 0.25) is 0 Å². The number of carbonyl (C=O) groups is 1. The van der Waals surface area contributed by atoms with Gasteiger partial charge in [0.05, 0.1) is 0 Å². The van der Waals surface area contributed by atoms with Crippen molar-refractivity contribution >= 4 is 15.9 Å². The molecule has 0 aromatic heterocycles. The van der Waals surface area contributed by atoms with Crippen LogP contribution in [0.3, 0.4) is 0 Å². The van der Waals surface area contributed by atoms with Gasteiger partial charge in [-0.05, 0) is 35.4 Å². The van der Waals surface area contributed by atoms with Crippen LogP contribution in [0, 0.1) is 11.6 Å². The molecule has 1 aliphatic heterocycles. The molecule has 31 heavy (non-hydrogen) atoms. The summed E-state index contributed by atoms with van der Waals surface area (Å²) < 4.78 is 53.6. The first kappa shape index (κ1) is 21.1. The molecule has 0 spiro atoms. The van der Waals surface area contributed by atoms with Crippen molar-refractivity contribution in [3.63, 3.8) is 0 Å². The lowest BCUT2D eigenvalue weighted by atomic mass is 10.0. The van der Waals surface area contributed by atoms with Gasteiger partial charge in [-0.15, -0.1) is 0 Å². The zero-order valence-electron chi connectivity index (χ0n) is 16.5. The SMILES string of the molecule is O=C(c1ccc(-c2ccccc2)cc1)N1CCN(S(=O)(=O)c2ccc(F)cc2F)CC1. The molecule has 1 amide bonds. The molecule has 0 bridgehead atoms. The molecule has 1 aliphatic rings. The van der Waals surface area contributed by atoms with Crippen LogP contribution in [0.1, 0.15) is 10.4 Å². The maximum atomic E-state index is 14.0. The van der Waals surface area contributed by atoms with Crippen LogP contribution < -0.4 is 0 Å². The summed E-state index contributed by atoms with van der Waals surface area (Å²) in [6, 6.07) is 19.4. The van der Waals surface area contributed by atoms with Crippen molar-refractivity contribution < 1.29 is 22.0 Å². The normalized spacial score (nSPS) is 15.1. The molecule has 160 valence electrons. The molecule has 1 saturated heterocycles. The lowest BCUT2D eigenvalue weighted by molar-refractivity contribution is 0.0697. The van der Waals surface area contributed by atoms with Crippen molar-refractivity contribution in [3.8, 4) is 11.1 Å². The number of hydrogen-bond donors (Lipinski definition) is 0. The number of sulfonamides is 1. The Balaban J connectivity index is 1.43. The average molecular weight is 442 g/mol. The van der Waals surface area contributed by atoms with E-state index in [2.05, 4.69) is 0 Å². The highest BCUT2D eigenvalue weighted by atomic mass is 32.2. The summed E-state index contributed by atoms with van der Waals surface area (Å²) >= 11 is 0. The molecule has 1 heterocycles. The summed E-state index contributed by atoms with van der Waals surface area (Å²) in [5, 5.41) is 0. The van der Waals surface area contributed by atoms with E-state index in [0.29, 0.717) is 11.6 Å². The van der Waals surface area contributed by atoms with Crippen molar-refractivity contribution in [1.82, 2.24) is 9.21 Å². The third kappa shape index (κ3) is 4.35. The van der Waals surface area contributed by atoms with Gasteiger partial charge in [-0.1, -0.05) is 42.5 Å². The van der Waals surface area contributed by atoms with Gasteiger partial charge in [0.2, 0.25) is 10.0 Å². The average Bonchev–Trinajstić information content (AvgIpc) is 2.79. The third-order valence-corrected chi connectivity index (χ3v) is 7.21. The first-order valence-corrected chi connectivity index (χ1v) is 11.2. The van der Waals surface area contributed by atoms with Gasteiger partial charge in [-0.25, -0.2) is 17.2 Å². The van der Waals surface area contributed by atoms with Crippen LogP contribution in [0.25, 0.3) is 11.1 Å². The second kappa shape index (κ2) is 8.56. The molecular formula is C23H20F2N2O3S. The Morgan fingerprint density at radius 2 is 1.39 bits per heavy atom. The molecule has 3 aromatic rings. The lowest BCUT2D eigenvalue weighted by Gasteiger charge is -2.34. The van der Waals surface area contributed by atoms with Gasteiger partial charge in [-0.3, -0.25) is 4.79 Å². The number of rotatable bonds is 4. The van der Waals surface area contributed by atoms with E-state index >= 15 is 0 Å². The highest BCUT2D eigenvalue weighted by molar-refractivity contribution is 7.89. The zero-order valence-corrected chi connectivity index (χ0v) is 17.4. The Morgan fingerprint density at radius 1 is 0.774 bits per heavy atom. The van der Waals surface area contributed by atoms with Gasteiger partial charge in [0.15, 0.2) is 0 Å². The van der Waals surface area contributed by atoms with Gasteiger partial charge in [0, 0.05) is 37.8 Å². The summed E-state index contributed by atoms with van der Waals surface area (Å²) in [6.07, 6.45) is 0. The molecule has 0 unspecified atom stereocenters. The molecule has 4 rings (SSSR count). The summed E-state index contributed by atoms with van der Waals surface area (Å²) in [4.78, 5) is 13.8. The fourth-order valence-electron chi connectivity index (χ4n) is 3.57. The fraction of sp³-hybridized carbons (Fsp3) is 0.174. The first-order chi connectivity index (χ1) is 14.9. The molecule has 0 atom stereocenters. The van der Waals surface area contributed by atoms with Crippen LogP contribution in [0.5, 0.6) is 0 Å². The number of hydrogen-bond acceptors (Lipinski definition) is 3. The number of nitrogens with zero attached hydrogens (tertiary/aromatic N) is 2. The van der Waals surface area contributed by atoms with Gasteiger partial charge in [-0.2, -0.15) is 4.31 Å². The number of amides is 1. The minimum atomic E-state index is -4.11. The van der Waals surface area contributed by atoms with Crippen LogP contribution in [-0.4, -0.2) is 49.7 Å². The Hall–Kier alpha value is -3.10. The number of benzene rings is 3. The number of piperazine rings is 1. The van der Waals surface area contributed by atoms with E-state index in [-0.39, 0.29) is 32.1 Å². The quantitative estimate of drug-likeness (QED) is 0.618. The van der Waals surface area contributed by atoms with Crippen molar-refractivity contribution in [2.75, 3.05) is 26.2 Å². The minimum absolute atomic E-state index is 0.0347. The molecule has 5 nitrogen and oxygen atoms in total. The van der Waals surface area contributed by atoms with E-state index in [0.717, 1.165) is 27.6 Å². The lowest BCUT2D eigenvalue weighted by Crippen LogP contribution is -2.50. The minimum Gasteiger partial charge on any atom is -0.336 e. The fourth-order valence-corrected chi connectivity index (χ4v) is 5.04. The van der Waals surface area contributed by atoms with Crippen molar-refractivity contribution in [2.45, 2.75) is 4.90 Å². The standard InChI is InChI=1S/C23H20F2N2O3S/c24-20-10-11-22(21(25)16-20)31(29,30)27-14-12-26(13-15-27)23(28)19-8-6-18(7-9-19)17-4-2-1-3-5-17/h1-11,16H,12-15H2. The Morgan fingerprint density at radius 3 is 2.00 bits per heavy atom. The van der Waals surface area contributed by atoms with Crippen LogP contribution >= 0.6 is 0 Å². The van der Waals surface area contributed by atoms with Crippen LogP contribution in [0.4, 0.5) is 8.78 Å². The zero-order chi connectivity index (χ0) is 22.0. The van der Waals surface area contributed by atoms with Gasteiger partial charge in [0.25, 0.3) is 5.91 Å². The second-order valence-corrected chi connectivity index (χ2v) is 9.12. The molecular weight excluding hydrogens is 422 g/mol. The molecule has 0 aliphatic carbocycles. The number of carbonyl (C=O) groups excluding carboxylic acids is 1. The predicted octanol–water partition coefficient (Wildman–Crippen LogP) is 3.78. The predicted molar refractivity (Wildman–Crippen MR) is 113 cm³/mol. The van der Waals surface area contributed by atoms with Crippen LogP contribution in [-0.2, 0) is 10.0 Å². The molecule has 8 heteroatoms. The smallest absolute Gasteiger partial charge is 0.253 e. The van der Waals surface area contributed by atoms with E-state index in [4.69, 9.17) is 0 Å². The Kier molecular flexibility index (Phi) is 5.84. The maximum Gasteiger partial charge on any atom is 0.253 e. The second-order valence-electron chi connectivity index (χ2n) is 7.21. The Labute approximate surface area is 179 Å².